The number of ether oxygens (including phenoxy) is 3. The van der Waals surface area contributed by atoms with Gasteiger partial charge in [0.25, 0.3) is 0 Å². The van der Waals surface area contributed by atoms with Crippen molar-refractivity contribution in [3.8, 4) is 28.4 Å². The molecule has 0 amide bonds. The molecule has 182 valence electrons. The number of rotatable bonds is 7. The summed E-state index contributed by atoms with van der Waals surface area (Å²) in [4.78, 5) is 24.8. The van der Waals surface area contributed by atoms with Crippen LogP contribution in [0.15, 0.2) is 54.6 Å². The summed E-state index contributed by atoms with van der Waals surface area (Å²) in [6, 6.07) is 15.1. The fourth-order valence-corrected chi connectivity index (χ4v) is 4.58. The van der Waals surface area contributed by atoms with Crippen molar-refractivity contribution in [1.82, 2.24) is 0 Å². The van der Waals surface area contributed by atoms with Crippen LogP contribution in [0, 0.1) is 6.92 Å². The molecule has 1 aliphatic heterocycles. The summed E-state index contributed by atoms with van der Waals surface area (Å²) in [6.07, 6.45) is -2.27. The van der Waals surface area contributed by atoms with Gasteiger partial charge in [-0.1, -0.05) is 30.3 Å². The molecule has 1 fully saturated rings. The van der Waals surface area contributed by atoms with Gasteiger partial charge in [-0.25, -0.2) is 4.79 Å². The van der Waals surface area contributed by atoms with Crippen molar-refractivity contribution in [2.45, 2.75) is 37.9 Å². The molecule has 1 N–H and O–H groups in total. The fourth-order valence-electron chi connectivity index (χ4n) is 4.58. The van der Waals surface area contributed by atoms with E-state index < -0.39 is 17.7 Å². The second-order valence-electron chi connectivity index (χ2n) is 8.88. The third kappa shape index (κ3) is 4.09. The highest BCUT2D eigenvalue weighted by molar-refractivity contribution is 5.95. The van der Waals surface area contributed by atoms with Crippen molar-refractivity contribution in [3.05, 3.63) is 76.9 Å². The van der Waals surface area contributed by atoms with Crippen LogP contribution in [-0.2, 0) is 16.6 Å². The molecule has 3 aromatic carbocycles. The maximum absolute atomic E-state index is 13.4. The number of carboxylic acids is 1. The number of fused-ring (bicyclic) bond motifs is 1. The smallest absolute Gasteiger partial charge is 0.496 e. The maximum Gasteiger partial charge on any atom is 0.586 e. The lowest BCUT2D eigenvalue weighted by Gasteiger charge is -2.16. The number of carboxylic acid groups (broad SMARTS) is 1. The lowest BCUT2D eigenvalue weighted by Crippen LogP contribution is -2.26. The third-order valence-electron chi connectivity index (χ3n) is 6.65. The predicted octanol–water partition coefficient (Wildman–Crippen LogP) is 5.78. The number of carbonyl (C=O) groups excluding carboxylic acids is 1. The molecule has 0 saturated heterocycles. The Labute approximate surface area is 201 Å². The van der Waals surface area contributed by atoms with Gasteiger partial charge in [0.15, 0.2) is 11.5 Å². The van der Waals surface area contributed by atoms with Gasteiger partial charge in [-0.05, 0) is 71.8 Å². The normalized spacial score (nSPS) is 16.6. The first kappa shape index (κ1) is 22.8. The molecule has 35 heavy (non-hydrogen) atoms. The Balaban J connectivity index is 0.00000304. The van der Waals surface area contributed by atoms with Gasteiger partial charge < -0.3 is 19.3 Å². The molecule has 0 atom stereocenters. The van der Waals surface area contributed by atoms with Crippen molar-refractivity contribution in [3.63, 3.8) is 0 Å². The second kappa shape index (κ2) is 8.08. The summed E-state index contributed by atoms with van der Waals surface area (Å²) < 4.78 is 41.1. The number of aryl methyl sites for hydroxylation is 1. The van der Waals surface area contributed by atoms with Crippen LogP contribution in [-0.4, -0.2) is 30.3 Å². The van der Waals surface area contributed by atoms with Gasteiger partial charge in [-0.3, -0.25) is 4.79 Å². The Bertz CT molecular complexity index is 1370. The van der Waals surface area contributed by atoms with E-state index in [0.29, 0.717) is 18.4 Å². The molecule has 0 spiro atoms. The van der Waals surface area contributed by atoms with Crippen LogP contribution in [0.4, 0.5) is 8.78 Å². The van der Waals surface area contributed by atoms with Gasteiger partial charge in [0.05, 0.1) is 12.5 Å². The van der Waals surface area contributed by atoms with Crippen molar-refractivity contribution < 1.29 is 39.1 Å². The van der Waals surface area contributed by atoms with Gasteiger partial charge >= 0.3 is 12.3 Å². The van der Waals surface area contributed by atoms with Crippen molar-refractivity contribution in [2.75, 3.05) is 7.11 Å². The molecule has 1 saturated carbocycles. The number of alkyl halides is 2. The number of aromatic carboxylic acids is 1. The minimum absolute atomic E-state index is 0. The zero-order valence-corrected chi connectivity index (χ0v) is 19.1. The molecule has 0 aromatic heterocycles. The molecule has 0 bridgehead atoms. The molecule has 1 aliphatic carbocycles. The molecule has 0 unspecified atom stereocenters. The predicted molar refractivity (Wildman–Crippen MR) is 125 cm³/mol. The van der Waals surface area contributed by atoms with E-state index in [1.54, 1.807) is 18.2 Å². The van der Waals surface area contributed by atoms with E-state index in [2.05, 4.69) is 9.47 Å². The largest absolute Gasteiger partial charge is 0.586 e. The Morgan fingerprint density at radius 2 is 1.77 bits per heavy atom. The third-order valence-corrected chi connectivity index (χ3v) is 6.65. The number of hydrogen-bond acceptors (Lipinski definition) is 5. The first-order valence-corrected chi connectivity index (χ1v) is 11.1. The van der Waals surface area contributed by atoms with Gasteiger partial charge in [-0.2, -0.15) is 0 Å². The summed E-state index contributed by atoms with van der Waals surface area (Å²) in [5, 5.41) is 9.34. The minimum Gasteiger partial charge on any atom is -0.496 e. The minimum atomic E-state index is -3.70. The van der Waals surface area contributed by atoms with Crippen molar-refractivity contribution in [2.24, 2.45) is 0 Å². The Hall–Kier alpha value is -3.94. The van der Waals surface area contributed by atoms with Crippen LogP contribution < -0.4 is 14.2 Å². The Morgan fingerprint density at radius 3 is 2.46 bits per heavy atom. The molecular formula is C27H24F2O6. The van der Waals surface area contributed by atoms with Crippen molar-refractivity contribution in [1.29, 1.82) is 0 Å². The number of benzene rings is 3. The first-order chi connectivity index (χ1) is 16.6. The summed E-state index contributed by atoms with van der Waals surface area (Å²) in [7, 11) is 1.42. The lowest BCUT2D eigenvalue weighted by molar-refractivity contribution is -0.286. The summed E-state index contributed by atoms with van der Waals surface area (Å²) in [5.74, 6) is -0.943. The molecular weight excluding hydrogens is 458 g/mol. The fraction of sp³-hybridized carbons (Fsp3) is 0.259. The van der Waals surface area contributed by atoms with E-state index in [0.717, 1.165) is 22.3 Å². The van der Waals surface area contributed by atoms with E-state index in [4.69, 9.17) is 4.74 Å². The number of carbonyl (C=O) groups is 2. The molecule has 1 heterocycles. The van der Waals surface area contributed by atoms with Crippen LogP contribution in [0.1, 0.15) is 41.3 Å². The van der Waals surface area contributed by atoms with Crippen LogP contribution in [0.3, 0.4) is 0 Å². The van der Waals surface area contributed by atoms with Gasteiger partial charge in [0.2, 0.25) is 0 Å². The Morgan fingerprint density at radius 1 is 1.03 bits per heavy atom. The van der Waals surface area contributed by atoms with Gasteiger partial charge in [-0.15, -0.1) is 8.78 Å². The summed E-state index contributed by atoms with van der Waals surface area (Å²) in [6.45, 7) is 1.93. The standard InChI is InChI=1S/C27H22F2O6.H2/c1-15-3-4-16(11-20(15)17-5-7-19(25(31)32)22(13-17)33-2)12-24(30)26(9-10-26)18-6-8-21-23(14-18)35-27(28,29)34-21;/h3-8,11,13-14H,9-10,12H2,1-2H3,(H,31,32);1H. The molecule has 8 heteroatoms. The van der Waals surface area contributed by atoms with E-state index in [1.165, 1.54) is 25.3 Å². The van der Waals surface area contributed by atoms with E-state index in [-0.39, 0.29) is 36.4 Å². The highest BCUT2D eigenvalue weighted by Gasteiger charge is 2.52. The number of methoxy groups -OCH3 is 1. The number of ketones is 1. The highest BCUT2D eigenvalue weighted by Crippen LogP contribution is 2.52. The highest BCUT2D eigenvalue weighted by atomic mass is 19.3. The average Bonchev–Trinajstić information content (AvgIpc) is 3.56. The molecule has 0 radical (unpaired) electrons. The summed E-state index contributed by atoms with van der Waals surface area (Å²) in [5.41, 5.74) is 3.38. The second-order valence-corrected chi connectivity index (χ2v) is 8.88. The average molecular weight is 482 g/mol. The van der Waals surface area contributed by atoms with Gasteiger partial charge in [0.1, 0.15) is 17.1 Å². The van der Waals surface area contributed by atoms with Crippen LogP contribution in [0.2, 0.25) is 0 Å². The number of hydrogen-bond donors (Lipinski definition) is 1. The summed E-state index contributed by atoms with van der Waals surface area (Å²) >= 11 is 0. The van der Waals surface area contributed by atoms with Crippen LogP contribution >= 0.6 is 0 Å². The molecule has 6 nitrogen and oxygen atoms in total. The SMILES string of the molecule is COc1cc(-c2cc(CC(=O)C3(c4ccc5c(c4)OC(F)(F)O5)CC3)ccc2C)ccc1C(=O)O.[HH]. The number of halogens is 2. The van der Waals surface area contributed by atoms with E-state index in [9.17, 15) is 23.5 Å². The molecule has 5 rings (SSSR count). The van der Waals surface area contributed by atoms with Crippen LogP contribution in [0.5, 0.6) is 17.2 Å². The maximum atomic E-state index is 13.4. The Kier molecular flexibility index (Phi) is 5.27. The monoisotopic (exact) mass is 482 g/mol. The zero-order valence-electron chi connectivity index (χ0n) is 19.1. The zero-order chi connectivity index (χ0) is 25.0. The lowest BCUT2D eigenvalue weighted by atomic mass is 9.86. The number of Topliss-reactive ketones (excluding diaryl/α,β-unsaturated/α-hetero) is 1. The van der Waals surface area contributed by atoms with E-state index in [1.807, 2.05) is 25.1 Å². The van der Waals surface area contributed by atoms with E-state index >= 15 is 0 Å². The topological polar surface area (TPSA) is 82.1 Å². The van der Waals surface area contributed by atoms with Gasteiger partial charge in [0, 0.05) is 7.85 Å². The quantitative estimate of drug-likeness (QED) is 0.460. The van der Waals surface area contributed by atoms with Crippen molar-refractivity contribution >= 4 is 11.8 Å². The molecule has 2 aliphatic rings. The molecule has 3 aromatic rings. The first-order valence-electron chi connectivity index (χ1n) is 11.1. The van der Waals surface area contributed by atoms with Crippen LogP contribution in [0.25, 0.3) is 11.1 Å².